The number of hydrogen-bond acceptors (Lipinski definition) is 4. The first-order valence-electron chi connectivity index (χ1n) is 5.44. The van der Waals surface area contributed by atoms with Gasteiger partial charge in [0.25, 0.3) is 0 Å². The maximum Gasteiger partial charge on any atom is 0.0465 e. The Balaban J connectivity index is 2.08. The number of thiophene rings is 2. The van der Waals surface area contributed by atoms with Crippen molar-refractivity contribution >= 4 is 32.1 Å². The van der Waals surface area contributed by atoms with Crippen LogP contribution in [0.5, 0.6) is 0 Å². The van der Waals surface area contributed by atoms with Crippen molar-refractivity contribution in [3.05, 3.63) is 22.4 Å². The fourth-order valence-corrected chi connectivity index (χ4v) is 3.97. The molecule has 2 heterocycles. The second-order valence-corrected chi connectivity index (χ2v) is 6.15. The summed E-state index contributed by atoms with van der Waals surface area (Å²) in [5, 5.41) is 2.13. The molecule has 4 heteroatoms. The van der Waals surface area contributed by atoms with Gasteiger partial charge in [0, 0.05) is 34.0 Å². The van der Waals surface area contributed by atoms with Gasteiger partial charge in [0.05, 0.1) is 0 Å². The highest BCUT2D eigenvalue weighted by Gasteiger charge is 2.17. The third-order valence-electron chi connectivity index (χ3n) is 2.88. The Morgan fingerprint density at radius 3 is 2.94 bits per heavy atom. The Morgan fingerprint density at radius 1 is 1.44 bits per heavy atom. The van der Waals surface area contributed by atoms with E-state index < -0.39 is 0 Å². The summed E-state index contributed by atoms with van der Waals surface area (Å²) < 4.78 is 7.80. The molecule has 0 aromatic carbocycles. The molecule has 0 bridgehead atoms. The molecule has 2 nitrogen and oxygen atoms in total. The molecule has 0 aliphatic rings. The van der Waals surface area contributed by atoms with Gasteiger partial charge in [-0.1, -0.05) is 6.92 Å². The molecule has 0 fully saturated rings. The van der Waals surface area contributed by atoms with Gasteiger partial charge in [0.15, 0.2) is 0 Å². The summed E-state index contributed by atoms with van der Waals surface area (Å²) in [6, 6.07) is 4.54. The normalized spacial score (nSPS) is 15.4. The third kappa shape index (κ3) is 2.46. The molecule has 2 aromatic heterocycles. The minimum absolute atomic E-state index is 0.139. The van der Waals surface area contributed by atoms with Crippen LogP contribution in [0, 0.1) is 5.92 Å². The van der Waals surface area contributed by atoms with E-state index in [4.69, 9.17) is 10.5 Å². The largest absolute Gasteiger partial charge is 0.385 e. The summed E-state index contributed by atoms with van der Waals surface area (Å²) in [6.07, 6.45) is 1.02. The van der Waals surface area contributed by atoms with Gasteiger partial charge in [0.2, 0.25) is 0 Å². The fraction of sp³-hybridized carbons (Fsp3) is 0.500. The Hall–Kier alpha value is -0.420. The van der Waals surface area contributed by atoms with E-state index in [1.165, 1.54) is 14.3 Å². The fourth-order valence-electron chi connectivity index (χ4n) is 1.71. The van der Waals surface area contributed by atoms with Crippen LogP contribution < -0.4 is 5.73 Å². The van der Waals surface area contributed by atoms with Crippen molar-refractivity contribution in [3.8, 4) is 0 Å². The van der Waals surface area contributed by atoms with E-state index in [2.05, 4.69) is 24.4 Å². The van der Waals surface area contributed by atoms with E-state index >= 15 is 0 Å². The highest BCUT2D eigenvalue weighted by Crippen LogP contribution is 2.35. The lowest BCUT2D eigenvalue weighted by molar-refractivity contribution is 0.175. The molecule has 0 amide bonds. The van der Waals surface area contributed by atoms with Crippen molar-refractivity contribution in [3.63, 3.8) is 0 Å². The van der Waals surface area contributed by atoms with Gasteiger partial charge >= 0.3 is 0 Å². The van der Waals surface area contributed by atoms with Crippen LogP contribution in [0.25, 0.3) is 9.40 Å². The zero-order valence-corrected chi connectivity index (χ0v) is 11.2. The molecule has 2 atom stereocenters. The van der Waals surface area contributed by atoms with E-state index in [1.54, 1.807) is 18.4 Å². The molecule has 0 saturated carbocycles. The number of rotatable bonds is 5. The summed E-state index contributed by atoms with van der Waals surface area (Å²) in [4.78, 5) is 1.30. The van der Waals surface area contributed by atoms with E-state index in [1.807, 2.05) is 11.3 Å². The number of fused-ring (bicyclic) bond motifs is 1. The Morgan fingerprint density at radius 2 is 2.25 bits per heavy atom. The first-order valence-corrected chi connectivity index (χ1v) is 7.13. The van der Waals surface area contributed by atoms with Crippen LogP contribution in [0.3, 0.4) is 0 Å². The topological polar surface area (TPSA) is 35.2 Å². The molecule has 88 valence electrons. The van der Waals surface area contributed by atoms with Crippen molar-refractivity contribution in [2.45, 2.75) is 19.4 Å². The van der Waals surface area contributed by atoms with Gasteiger partial charge in [-0.05, 0) is 29.9 Å². The number of ether oxygens (including phenoxy) is 1. The van der Waals surface area contributed by atoms with Crippen LogP contribution in [-0.2, 0) is 4.74 Å². The monoisotopic (exact) mass is 255 g/mol. The smallest absolute Gasteiger partial charge is 0.0465 e. The second kappa shape index (κ2) is 5.27. The quantitative estimate of drug-likeness (QED) is 0.885. The van der Waals surface area contributed by atoms with Crippen LogP contribution in [-0.4, -0.2) is 13.7 Å². The molecular formula is C12H17NOS2. The number of hydrogen-bond donors (Lipinski definition) is 1. The van der Waals surface area contributed by atoms with Crippen LogP contribution >= 0.6 is 22.7 Å². The highest BCUT2D eigenvalue weighted by molar-refractivity contribution is 7.26. The molecule has 0 saturated heterocycles. The SMILES string of the molecule is COCCC(C)C(N)c1cc2sccc2s1. The minimum atomic E-state index is 0.139. The second-order valence-electron chi connectivity index (χ2n) is 4.08. The molecule has 0 aliphatic heterocycles. The molecule has 2 rings (SSSR count). The molecule has 2 aromatic rings. The van der Waals surface area contributed by atoms with Crippen molar-refractivity contribution in [1.82, 2.24) is 0 Å². The van der Waals surface area contributed by atoms with Crippen LogP contribution in [0.15, 0.2) is 17.5 Å². The summed E-state index contributed by atoms with van der Waals surface area (Å²) in [6.45, 7) is 2.98. The zero-order chi connectivity index (χ0) is 11.5. The van der Waals surface area contributed by atoms with E-state index in [9.17, 15) is 0 Å². The highest BCUT2D eigenvalue weighted by atomic mass is 32.1. The first kappa shape index (κ1) is 12.0. The molecule has 2 unspecified atom stereocenters. The average molecular weight is 255 g/mol. The lowest BCUT2D eigenvalue weighted by atomic mass is 9.98. The maximum atomic E-state index is 6.26. The maximum absolute atomic E-state index is 6.26. The van der Waals surface area contributed by atoms with Gasteiger partial charge in [-0.3, -0.25) is 0 Å². The van der Waals surface area contributed by atoms with Gasteiger partial charge in [-0.25, -0.2) is 0 Å². The van der Waals surface area contributed by atoms with Crippen LogP contribution in [0.2, 0.25) is 0 Å². The molecule has 0 aliphatic carbocycles. The first-order chi connectivity index (χ1) is 7.72. The predicted octanol–water partition coefficient (Wildman–Crippen LogP) is 3.64. The molecule has 16 heavy (non-hydrogen) atoms. The zero-order valence-electron chi connectivity index (χ0n) is 9.60. The van der Waals surface area contributed by atoms with Gasteiger partial charge < -0.3 is 10.5 Å². The van der Waals surface area contributed by atoms with Gasteiger partial charge in [-0.15, -0.1) is 22.7 Å². The van der Waals surface area contributed by atoms with Crippen molar-refractivity contribution in [1.29, 1.82) is 0 Å². The summed E-state index contributed by atoms with van der Waals surface area (Å²) in [5.41, 5.74) is 6.26. The Bertz CT molecular complexity index is 420. The average Bonchev–Trinajstić information content (AvgIpc) is 2.84. The van der Waals surface area contributed by atoms with E-state index in [0.29, 0.717) is 5.92 Å². The lowest BCUT2D eigenvalue weighted by Crippen LogP contribution is -2.19. The molecule has 0 spiro atoms. The van der Waals surface area contributed by atoms with Gasteiger partial charge in [0.1, 0.15) is 0 Å². The summed E-state index contributed by atoms with van der Waals surface area (Å²) in [7, 11) is 1.74. The van der Waals surface area contributed by atoms with Crippen molar-refractivity contribution in [2.24, 2.45) is 11.7 Å². The van der Waals surface area contributed by atoms with Crippen molar-refractivity contribution in [2.75, 3.05) is 13.7 Å². The van der Waals surface area contributed by atoms with Gasteiger partial charge in [-0.2, -0.15) is 0 Å². The number of methoxy groups -OCH3 is 1. The van der Waals surface area contributed by atoms with Crippen molar-refractivity contribution < 1.29 is 4.74 Å². The predicted molar refractivity (Wildman–Crippen MR) is 72.3 cm³/mol. The Labute approximate surface area is 104 Å². The standard InChI is InChI=1S/C12H17NOS2/c1-8(3-5-14-2)12(13)11-7-10-9(16-11)4-6-15-10/h4,6-8,12H,3,5,13H2,1-2H3. The molecular weight excluding hydrogens is 238 g/mol. The van der Waals surface area contributed by atoms with E-state index in [0.717, 1.165) is 13.0 Å². The lowest BCUT2D eigenvalue weighted by Gasteiger charge is -2.17. The third-order valence-corrected chi connectivity index (χ3v) is 5.07. The molecule has 0 radical (unpaired) electrons. The number of nitrogens with two attached hydrogens (primary N) is 1. The summed E-state index contributed by atoms with van der Waals surface area (Å²) in [5.74, 6) is 0.465. The summed E-state index contributed by atoms with van der Waals surface area (Å²) >= 11 is 3.60. The minimum Gasteiger partial charge on any atom is -0.385 e. The van der Waals surface area contributed by atoms with E-state index in [-0.39, 0.29) is 6.04 Å². The molecule has 2 N–H and O–H groups in total. The van der Waals surface area contributed by atoms with Crippen LogP contribution in [0.1, 0.15) is 24.3 Å². The van der Waals surface area contributed by atoms with Crippen LogP contribution in [0.4, 0.5) is 0 Å². The Kier molecular flexibility index (Phi) is 3.97.